The highest BCUT2D eigenvalue weighted by Gasteiger charge is 2.44. The third-order valence-electron chi connectivity index (χ3n) is 5.98. The zero-order valence-electron chi connectivity index (χ0n) is 18.7. The van der Waals surface area contributed by atoms with Crippen LogP contribution in [0.15, 0.2) is 54.1 Å². The fourth-order valence-corrected chi connectivity index (χ4v) is 4.12. The molecule has 1 amide bonds. The van der Waals surface area contributed by atoms with Gasteiger partial charge in [0.2, 0.25) is 5.78 Å². The number of halogens is 1. The molecule has 1 heterocycles. The maximum atomic E-state index is 13.6. The van der Waals surface area contributed by atoms with Crippen LogP contribution in [0.2, 0.25) is 0 Å². The van der Waals surface area contributed by atoms with Crippen LogP contribution in [0.4, 0.5) is 4.39 Å². The highest BCUT2D eigenvalue weighted by molar-refractivity contribution is 6.46. The van der Waals surface area contributed by atoms with Gasteiger partial charge in [-0.05, 0) is 49.2 Å². The van der Waals surface area contributed by atoms with Crippen molar-refractivity contribution < 1.29 is 28.7 Å². The van der Waals surface area contributed by atoms with E-state index in [4.69, 9.17) is 4.74 Å². The number of rotatable bonds is 9. The number of likely N-dealkylation sites (tertiary alicyclic amines) is 1. The van der Waals surface area contributed by atoms with Crippen molar-refractivity contribution in [1.82, 2.24) is 4.90 Å². The molecule has 1 unspecified atom stereocenters. The molecule has 1 aliphatic heterocycles. The minimum atomic E-state index is -0.846. The zero-order chi connectivity index (χ0) is 23.3. The van der Waals surface area contributed by atoms with Crippen LogP contribution in [-0.4, -0.2) is 49.9 Å². The Morgan fingerprint density at radius 1 is 1.12 bits per heavy atom. The first kappa shape index (κ1) is 23.5. The Bertz CT molecular complexity index is 999. The van der Waals surface area contributed by atoms with Gasteiger partial charge in [-0.3, -0.25) is 9.59 Å². The minimum Gasteiger partial charge on any atom is -0.872 e. The Labute approximate surface area is 187 Å². The number of Topliss-reactive ketones (excluding diaryl/α,β-unsaturated/α-hetero) is 1. The molecule has 6 nitrogen and oxygen atoms in total. The number of ether oxygens (including phenoxy) is 1. The van der Waals surface area contributed by atoms with Gasteiger partial charge in [0, 0.05) is 18.5 Å². The van der Waals surface area contributed by atoms with Gasteiger partial charge in [-0.15, -0.1) is 0 Å². The molecule has 0 saturated carbocycles. The van der Waals surface area contributed by atoms with Crippen LogP contribution in [0.25, 0.3) is 5.76 Å². The van der Waals surface area contributed by atoms with Crippen LogP contribution in [0.5, 0.6) is 5.75 Å². The predicted octanol–water partition coefficient (Wildman–Crippen LogP) is 1.37. The van der Waals surface area contributed by atoms with E-state index in [1.165, 1.54) is 41.2 Å². The molecular weight excluding hydrogens is 411 g/mol. The first-order valence-corrected chi connectivity index (χ1v) is 10.9. The Balaban J connectivity index is 2.03. The van der Waals surface area contributed by atoms with E-state index in [0.717, 1.165) is 19.6 Å². The van der Waals surface area contributed by atoms with Crippen molar-refractivity contribution in [3.05, 3.63) is 71.0 Å². The zero-order valence-corrected chi connectivity index (χ0v) is 18.7. The summed E-state index contributed by atoms with van der Waals surface area (Å²) in [6.07, 6.45) is 0.689. The molecule has 0 bridgehead atoms. The number of nitrogens with zero attached hydrogens (tertiary/aromatic N) is 1. The SMILES string of the molecule is CC[NH+](CC)CCCN1C(=O)C(=O)/C(=C(/[O-])c2cccc(OC)c2)C1c1ccc(F)cc1. The van der Waals surface area contributed by atoms with Gasteiger partial charge < -0.3 is 19.6 Å². The Kier molecular flexibility index (Phi) is 7.64. The molecule has 1 atom stereocenters. The van der Waals surface area contributed by atoms with Crippen LogP contribution >= 0.6 is 0 Å². The summed E-state index contributed by atoms with van der Waals surface area (Å²) < 4.78 is 18.8. The maximum absolute atomic E-state index is 13.6. The second kappa shape index (κ2) is 10.4. The first-order chi connectivity index (χ1) is 15.4. The number of amides is 1. The first-order valence-electron chi connectivity index (χ1n) is 10.9. The largest absolute Gasteiger partial charge is 0.872 e. The van der Waals surface area contributed by atoms with Gasteiger partial charge in [0.25, 0.3) is 5.91 Å². The van der Waals surface area contributed by atoms with Gasteiger partial charge in [0.05, 0.1) is 32.8 Å². The van der Waals surface area contributed by atoms with Crippen LogP contribution in [0.3, 0.4) is 0 Å². The lowest BCUT2D eigenvalue weighted by atomic mass is 9.95. The molecule has 0 spiro atoms. The molecule has 0 aromatic heterocycles. The number of carbonyl (C=O) groups is 2. The van der Waals surface area contributed by atoms with Gasteiger partial charge in [0.15, 0.2) is 0 Å². The second-order valence-corrected chi connectivity index (χ2v) is 7.82. The summed E-state index contributed by atoms with van der Waals surface area (Å²) >= 11 is 0. The highest BCUT2D eigenvalue weighted by atomic mass is 19.1. The standard InChI is InChI=1S/C25H29FN2O4/c1-4-27(5-2)14-7-15-28-22(17-10-12-19(26)13-11-17)21(24(30)25(28)31)23(29)18-8-6-9-20(16-18)32-3/h6,8-13,16,22,29H,4-5,7,14-15H2,1-3H3/b23-21+. The van der Waals surface area contributed by atoms with Crippen molar-refractivity contribution in [3.63, 3.8) is 0 Å². The Morgan fingerprint density at radius 2 is 1.81 bits per heavy atom. The number of benzene rings is 2. The lowest BCUT2D eigenvalue weighted by molar-refractivity contribution is -0.896. The van der Waals surface area contributed by atoms with E-state index in [9.17, 15) is 19.1 Å². The van der Waals surface area contributed by atoms with E-state index in [-0.39, 0.29) is 11.1 Å². The smallest absolute Gasteiger partial charge is 0.295 e. The Hall–Kier alpha value is -3.19. The summed E-state index contributed by atoms with van der Waals surface area (Å²) in [6.45, 7) is 7.32. The van der Waals surface area contributed by atoms with Gasteiger partial charge in [-0.25, -0.2) is 4.39 Å². The van der Waals surface area contributed by atoms with Crippen molar-refractivity contribution in [1.29, 1.82) is 0 Å². The van der Waals surface area contributed by atoms with Gasteiger partial charge in [0.1, 0.15) is 11.6 Å². The number of ketones is 1. The maximum Gasteiger partial charge on any atom is 0.295 e. The Morgan fingerprint density at radius 3 is 2.44 bits per heavy atom. The van der Waals surface area contributed by atoms with Crippen molar-refractivity contribution in [2.24, 2.45) is 0 Å². The summed E-state index contributed by atoms with van der Waals surface area (Å²) in [5.41, 5.74) is 0.694. The summed E-state index contributed by atoms with van der Waals surface area (Å²) in [5, 5.41) is 13.4. The van der Waals surface area contributed by atoms with E-state index >= 15 is 0 Å². The number of methoxy groups -OCH3 is 1. The fraction of sp³-hybridized carbons (Fsp3) is 0.360. The van der Waals surface area contributed by atoms with E-state index in [0.29, 0.717) is 24.3 Å². The van der Waals surface area contributed by atoms with Crippen LogP contribution in [0, 0.1) is 5.82 Å². The van der Waals surface area contributed by atoms with Crippen LogP contribution in [-0.2, 0) is 9.59 Å². The average Bonchev–Trinajstić information content (AvgIpc) is 3.07. The molecule has 2 aromatic rings. The topological polar surface area (TPSA) is 74.1 Å². The van der Waals surface area contributed by atoms with E-state index in [1.54, 1.807) is 24.3 Å². The van der Waals surface area contributed by atoms with Crippen LogP contribution < -0.4 is 14.7 Å². The van der Waals surface area contributed by atoms with Gasteiger partial charge in [-0.2, -0.15) is 0 Å². The van der Waals surface area contributed by atoms with E-state index in [1.807, 2.05) is 0 Å². The molecule has 1 fully saturated rings. The second-order valence-electron chi connectivity index (χ2n) is 7.82. The molecule has 170 valence electrons. The van der Waals surface area contributed by atoms with Gasteiger partial charge in [-0.1, -0.05) is 30.0 Å². The van der Waals surface area contributed by atoms with Crippen molar-refractivity contribution in [2.45, 2.75) is 26.3 Å². The van der Waals surface area contributed by atoms with Crippen LogP contribution in [0.1, 0.15) is 37.4 Å². The molecular formula is C25H29FN2O4. The molecule has 32 heavy (non-hydrogen) atoms. The third kappa shape index (κ3) is 4.83. The normalized spacial score (nSPS) is 17.9. The molecule has 7 heteroatoms. The average molecular weight is 441 g/mol. The fourth-order valence-electron chi connectivity index (χ4n) is 4.12. The van der Waals surface area contributed by atoms with Crippen molar-refractivity contribution in [3.8, 4) is 5.75 Å². The minimum absolute atomic E-state index is 0.106. The lowest BCUT2D eigenvalue weighted by Gasteiger charge is -2.28. The summed E-state index contributed by atoms with van der Waals surface area (Å²) in [6, 6.07) is 11.2. The number of carbonyl (C=O) groups excluding carboxylic acids is 2. The lowest BCUT2D eigenvalue weighted by Crippen LogP contribution is -3.11. The van der Waals surface area contributed by atoms with Crippen molar-refractivity contribution >= 4 is 17.4 Å². The summed E-state index contributed by atoms with van der Waals surface area (Å²) in [5.74, 6) is -1.97. The quantitative estimate of drug-likeness (QED) is 0.363. The molecule has 0 radical (unpaired) electrons. The summed E-state index contributed by atoms with van der Waals surface area (Å²) in [7, 11) is 1.49. The van der Waals surface area contributed by atoms with E-state index in [2.05, 4.69) is 13.8 Å². The van der Waals surface area contributed by atoms with Gasteiger partial charge >= 0.3 is 0 Å². The monoisotopic (exact) mass is 440 g/mol. The van der Waals surface area contributed by atoms with E-state index < -0.39 is 29.3 Å². The third-order valence-corrected chi connectivity index (χ3v) is 5.98. The molecule has 1 aliphatic rings. The summed E-state index contributed by atoms with van der Waals surface area (Å²) in [4.78, 5) is 28.8. The molecule has 1 N–H and O–H groups in total. The number of hydrogen-bond acceptors (Lipinski definition) is 4. The van der Waals surface area contributed by atoms with Crippen molar-refractivity contribution in [2.75, 3.05) is 33.3 Å². The predicted molar refractivity (Wildman–Crippen MR) is 117 cm³/mol. The molecule has 0 aliphatic carbocycles. The molecule has 1 saturated heterocycles. The number of quaternary nitrogens is 1. The molecule has 3 rings (SSSR count). The molecule has 2 aromatic carbocycles. The number of nitrogens with one attached hydrogen (secondary N) is 1. The highest BCUT2D eigenvalue weighted by Crippen LogP contribution is 2.39. The number of hydrogen-bond donors (Lipinski definition) is 1.